The normalized spacial score (nSPS) is 28.9. The number of rotatable bonds is 7. The molecule has 4 nitrogen and oxygen atoms in total. The molecule has 1 aliphatic carbocycles. The number of amides is 1. The van der Waals surface area contributed by atoms with Crippen LogP contribution in [-0.4, -0.2) is 38.3 Å². The van der Waals surface area contributed by atoms with E-state index in [2.05, 4.69) is 24.5 Å². The first-order chi connectivity index (χ1) is 9.21. The van der Waals surface area contributed by atoms with Crippen molar-refractivity contribution in [1.29, 1.82) is 0 Å². The van der Waals surface area contributed by atoms with Gasteiger partial charge in [-0.05, 0) is 37.6 Å². The van der Waals surface area contributed by atoms with Crippen molar-refractivity contribution in [3.05, 3.63) is 0 Å². The number of hydrogen-bond acceptors (Lipinski definition) is 3. The molecule has 19 heavy (non-hydrogen) atoms. The molecular formula is C15H28N2O2. The fourth-order valence-electron chi connectivity index (χ4n) is 3.08. The summed E-state index contributed by atoms with van der Waals surface area (Å²) in [7, 11) is 0. The minimum absolute atomic E-state index is 0.0134. The van der Waals surface area contributed by atoms with Crippen LogP contribution in [0.4, 0.5) is 0 Å². The molecule has 2 fully saturated rings. The summed E-state index contributed by atoms with van der Waals surface area (Å²) >= 11 is 0. The molecule has 0 spiro atoms. The summed E-state index contributed by atoms with van der Waals surface area (Å²) in [6, 6.07) is 0.193. The van der Waals surface area contributed by atoms with Crippen LogP contribution in [0.1, 0.15) is 46.0 Å². The highest BCUT2D eigenvalue weighted by Crippen LogP contribution is 2.43. The molecule has 1 heterocycles. The molecule has 1 saturated carbocycles. The van der Waals surface area contributed by atoms with Gasteiger partial charge in [-0.15, -0.1) is 0 Å². The molecule has 0 radical (unpaired) electrons. The summed E-state index contributed by atoms with van der Waals surface area (Å²) in [5, 5.41) is 6.58. The Kier molecular flexibility index (Phi) is 5.22. The predicted octanol–water partition coefficient (Wildman–Crippen LogP) is 1.70. The molecule has 1 saturated heterocycles. The molecule has 2 atom stereocenters. The van der Waals surface area contributed by atoms with E-state index in [1.54, 1.807) is 0 Å². The largest absolute Gasteiger partial charge is 0.379 e. The molecule has 2 unspecified atom stereocenters. The minimum Gasteiger partial charge on any atom is -0.379 e. The average Bonchev–Trinajstić information content (AvgIpc) is 2.83. The van der Waals surface area contributed by atoms with Crippen LogP contribution in [-0.2, 0) is 9.53 Å². The Bertz CT molecular complexity index is 297. The quantitative estimate of drug-likeness (QED) is 0.739. The zero-order valence-electron chi connectivity index (χ0n) is 12.3. The molecule has 2 aliphatic rings. The van der Waals surface area contributed by atoms with Crippen LogP contribution in [0.25, 0.3) is 0 Å². The summed E-state index contributed by atoms with van der Waals surface area (Å²) in [5.41, 5.74) is 0.390. The lowest BCUT2D eigenvalue weighted by atomic mass is 9.67. The SMILES string of the molecule is CCCNC1COCC1C(=O)NCC1(CC)CCC1. The molecule has 0 aromatic heterocycles. The Hall–Kier alpha value is -0.610. The van der Waals surface area contributed by atoms with Crippen LogP contribution in [0.15, 0.2) is 0 Å². The van der Waals surface area contributed by atoms with Gasteiger partial charge in [0.15, 0.2) is 0 Å². The lowest BCUT2D eigenvalue weighted by Gasteiger charge is -2.41. The Balaban J connectivity index is 1.78. The molecular weight excluding hydrogens is 240 g/mol. The fourth-order valence-corrected chi connectivity index (χ4v) is 3.08. The average molecular weight is 268 g/mol. The van der Waals surface area contributed by atoms with E-state index in [0.29, 0.717) is 18.6 Å². The van der Waals surface area contributed by atoms with E-state index in [9.17, 15) is 4.79 Å². The number of carbonyl (C=O) groups is 1. The molecule has 1 amide bonds. The van der Waals surface area contributed by atoms with E-state index in [1.807, 2.05) is 0 Å². The summed E-state index contributed by atoms with van der Waals surface area (Å²) in [4.78, 5) is 12.3. The van der Waals surface area contributed by atoms with Crippen molar-refractivity contribution in [2.45, 2.75) is 52.0 Å². The first kappa shape index (κ1) is 14.8. The number of carbonyl (C=O) groups excluding carboxylic acids is 1. The van der Waals surface area contributed by atoms with E-state index >= 15 is 0 Å². The number of hydrogen-bond donors (Lipinski definition) is 2. The van der Waals surface area contributed by atoms with Crippen molar-refractivity contribution >= 4 is 5.91 Å². The van der Waals surface area contributed by atoms with Crippen LogP contribution in [0, 0.1) is 11.3 Å². The number of nitrogens with one attached hydrogen (secondary N) is 2. The lowest BCUT2D eigenvalue weighted by Crippen LogP contribution is -2.48. The van der Waals surface area contributed by atoms with E-state index in [1.165, 1.54) is 25.7 Å². The second-order valence-corrected chi connectivity index (χ2v) is 6.13. The number of ether oxygens (including phenoxy) is 1. The van der Waals surface area contributed by atoms with Gasteiger partial charge in [0, 0.05) is 12.6 Å². The van der Waals surface area contributed by atoms with Crippen LogP contribution in [0.5, 0.6) is 0 Å². The van der Waals surface area contributed by atoms with Gasteiger partial charge in [-0.25, -0.2) is 0 Å². The molecule has 0 aromatic rings. The summed E-state index contributed by atoms with van der Waals surface area (Å²) in [6.07, 6.45) is 6.11. The fraction of sp³-hybridized carbons (Fsp3) is 0.933. The van der Waals surface area contributed by atoms with Crippen LogP contribution in [0.3, 0.4) is 0 Å². The summed E-state index contributed by atoms with van der Waals surface area (Å²) in [6.45, 7) is 7.40. The third kappa shape index (κ3) is 3.48. The smallest absolute Gasteiger partial charge is 0.227 e. The van der Waals surface area contributed by atoms with Crippen LogP contribution < -0.4 is 10.6 Å². The second kappa shape index (κ2) is 6.71. The second-order valence-electron chi connectivity index (χ2n) is 6.13. The van der Waals surface area contributed by atoms with Crippen molar-refractivity contribution < 1.29 is 9.53 Å². The Morgan fingerprint density at radius 1 is 1.32 bits per heavy atom. The van der Waals surface area contributed by atoms with Gasteiger partial charge in [-0.1, -0.05) is 20.3 Å². The van der Waals surface area contributed by atoms with Gasteiger partial charge in [0.05, 0.1) is 19.1 Å². The topological polar surface area (TPSA) is 50.4 Å². The molecule has 0 aromatic carbocycles. The van der Waals surface area contributed by atoms with E-state index < -0.39 is 0 Å². The van der Waals surface area contributed by atoms with Gasteiger partial charge in [0.25, 0.3) is 0 Å². The molecule has 2 rings (SSSR count). The molecule has 2 N–H and O–H groups in total. The minimum atomic E-state index is -0.0134. The van der Waals surface area contributed by atoms with Gasteiger partial charge in [0.2, 0.25) is 5.91 Å². The third-order valence-corrected chi connectivity index (χ3v) is 4.88. The Labute approximate surface area is 116 Å². The summed E-state index contributed by atoms with van der Waals surface area (Å²) < 4.78 is 5.46. The first-order valence-electron chi connectivity index (χ1n) is 7.79. The highest BCUT2D eigenvalue weighted by molar-refractivity contribution is 5.79. The zero-order valence-corrected chi connectivity index (χ0v) is 12.3. The highest BCUT2D eigenvalue weighted by Gasteiger charge is 2.38. The maximum absolute atomic E-state index is 12.3. The molecule has 4 heteroatoms. The zero-order chi connectivity index (χ0) is 13.7. The van der Waals surface area contributed by atoms with Crippen molar-refractivity contribution in [1.82, 2.24) is 10.6 Å². The monoisotopic (exact) mass is 268 g/mol. The Morgan fingerprint density at radius 2 is 2.11 bits per heavy atom. The standard InChI is InChI=1S/C15H28N2O2/c1-3-8-16-13-10-19-9-12(13)14(18)17-11-15(4-2)6-5-7-15/h12-13,16H,3-11H2,1-2H3,(H,17,18). The molecule has 110 valence electrons. The summed E-state index contributed by atoms with van der Waals surface area (Å²) in [5.74, 6) is 0.159. The van der Waals surface area contributed by atoms with Crippen molar-refractivity contribution in [3.8, 4) is 0 Å². The van der Waals surface area contributed by atoms with Gasteiger partial charge >= 0.3 is 0 Å². The van der Waals surface area contributed by atoms with Gasteiger partial charge < -0.3 is 15.4 Å². The predicted molar refractivity (Wildman–Crippen MR) is 76.0 cm³/mol. The van der Waals surface area contributed by atoms with Gasteiger partial charge in [-0.2, -0.15) is 0 Å². The first-order valence-corrected chi connectivity index (χ1v) is 7.79. The lowest BCUT2D eigenvalue weighted by molar-refractivity contribution is -0.126. The maximum Gasteiger partial charge on any atom is 0.227 e. The van der Waals surface area contributed by atoms with Gasteiger partial charge in [-0.3, -0.25) is 4.79 Å². The van der Waals surface area contributed by atoms with Crippen LogP contribution >= 0.6 is 0 Å². The molecule has 0 bridgehead atoms. The third-order valence-electron chi connectivity index (χ3n) is 4.88. The van der Waals surface area contributed by atoms with Gasteiger partial charge in [0.1, 0.15) is 0 Å². The van der Waals surface area contributed by atoms with Crippen molar-refractivity contribution in [2.75, 3.05) is 26.3 Å². The van der Waals surface area contributed by atoms with E-state index in [0.717, 1.165) is 19.5 Å². The van der Waals surface area contributed by atoms with E-state index in [4.69, 9.17) is 4.74 Å². The van der Waals surface area contributed by atoms with Crippen LogP contribution in [0.2, 0.25) is 0 Å². The Morgan fingerprint density at radius 3 is 2.68 bits per heavy atom. The maximum atomic E-state index is 12.3. The van der Waals surface area contributed by atoms with Crippen molar-refractivity contribution in [2.24, 2.45) is 11.3 Å². The highest BCUT2D eigenvalue weighted by atomic mass is 16.5. The molecule has 1 aliphatic heterocycles. The van der Waals surface area contributed by atoms with E-state index in [-0.39, 0.29) is 17.9 Å². The van der Waals surface area contributed by atoms with Crippen molar-refractivity contribution in [3.63, 3.8) is 0 Å².